The van der Waals surface area contributed by atoms with Gasteiger partial charge in [-0.25, -0.2) is 9.18 Å². The zero-order chi connectivity index (χ0) is 21.7. The summed E-state index contributed by atoms with van der Waals surface area (Å²) in [7, 11) is 0. The van der Waals surface area contributed by atoms with Crippen molar-refractivity contribution in [2.45, 2.75) is 20.3 Å². The van der Waals surface area contributed by atoms with Crippen LogP contribution in [0.1, 0.15) is 28.5 Å². The first-order chi connectivity index (χ1) is 14.4. The highest BCUT2D eigenvalue weighted by Gasteiger charge is 2.20. The monoisotopic (exact) mass is 409 g/mol. The van der Waals surface area contributed by atoms with Gasteiger partial charge < -0.3 is 10.1 Å². The normalized spacial score (nSPS) is 10.5. The summed E-state index contributed by atoms with van der Waals surface area (Å²) in [6, 6.07) is 13.7. The van der Waals surface area contributed by atoms with Gasteiger partial charge in [0.05, 0.1) is 24.4 Å². The quantitative estimate of drug-likeness (QED) is 0.632. The molecule has 1 N–H and O–H groups in total. The summed E-state index contributed by atoms with van der Waals surface area (Å²) >= 11 is 0. The van der Waals surface area contributed by atoms with Crippen molar-refractivity contribution >= 4 is 17.6 Å². The summed E-state index contributed by atoms with van der Waals surface area (Å²) in [5.41, 5.74) is 1.12. The highest BCUT2D eigenvalue weighted by atomic mass is 19.1. The molecule has 2 aromatic carbocycles. The van der Waals surface area contributed by atoms with Crippen molar-refractivity contribution in [2.24, 2.45) is 0 Å². The number of esters is 1. The van der Waals surface area contributed by atoms with Gasteiger partial charge >= 0.3 is 5.97 Å². The Labute approximate surface area is 172 Å². The number of halogens is 1. The van der Waals surface area contributed by atoms with E-state index >= 15 is 0 Å². The molecule has 154 valence electrons. The highest BCUT2D eigenvalue weighted by Crippen LogP contribution is 2.16. The standard InChI is InChI=1S/C22H20FN3O4/c1-3-30-22(29)21-17(24-19(27)12-15-8-10-16(23)11-9-15)13-20(28)26(25-21)18-7-5-4-6-14(18)2/h4-11,13H,3,12H2,1-2H3,(H,24,27). The van der Waals surface area contributed by atoms with Gasteiger partial charge in [0.15, 0.2) is 5.69 Å². The Bertz CT molecular complexity index is 1140. The van der Waals surface area contributed by atoms with E-state index in [1.165, 1.54) is 24.3 Å². The van der Waals surface area contributed by atoms with Gasteiger partial charge in [-0.15, -0.1) is 0 Å². The first kappa shape index (κ1) is 20.9. The number of nitrogens with one attached hydrogen (secondary N) is 1. The number of hydrogen-bond acceptors (Lipinski definition) is 5. The second-order valence-electron chi connectivity index (χ2n) is 6.52. The van der Waals surface area contributed by atoms with Crippen LogP contribution in [0.2, 0.25) is 0 Å². The Kier molecular flexibility index (Phi) is 6.36. The summed E-state index contributed by atoms with van der Waals surface area (Å²) in [5, 5.41) is 6.70. The predicted octanol–water partition coefficient (Wildman–Crippen LogP) is 3.04. The zero-order valence-corrected chi connectivity index (χ0v) is 16.5. The molecule has 3 aromatic rings. The van der Waals surface area contributed by atoms with Crippen molar-refractivity contribution in [3.8, 4) is 5.69 Å². The van der Waals surface area contributed by atoms with Gasteiger partial charge in [0.25, 0.3) is 5.56 Å². The molecule has 0 saturated heterocycles. The van der Waals surface area contributed by atoms with Crippen LogP contribution in [0.15, 0.2) is 59.4 Å². The molecule has 30 heavy (non-hydrogen) atoms. The predicted molar refractivity (Wildman–Crippen MR) is 109 cm³/mol. The van der Waals surface area contributed by atoms with E-state index in [0.29, 0.717) is 11.3 Å². The number of nitrogens with zero attached hydrogens (tertiary/aromatic N) is 2. The van der Waals surface area contributed by atoms with Crippen LogP contribution in [-0.4, -0.2) is 28.3 Å². The SMILES string of the molecule is CCOC(=O)c1nn(-c2ccccc2C)c(=O)cc1NC(=O)Cc1ccc(F)cc1. The Morgan fingerprint density at radius 1 is 1.13 bits per heavy atom. The Balaban J connectivity index is 1.96. The van der Waals surface area contributed by atoms with E-state index in [-0.39, 0.29) is 24.4 Å². The van der Waals surface area contributed by atoms with E-state index in [1.54, 1.807) is 19.1 Å². The minimum atomic E-state index is -0.767. The maximum Gasteiger partial charge on any atom is 0.360 e. The summed E-state index contributed by atoms with van der Waals surface area (Å²) in [6.07, 6.45) is -0.0660. The lowest BCUT2D eigenvalue weighted by Gasteiger charge is -2.13. The molecule has 0 saturated carbocycles. The number of rotatable bonds is 6. The van der Waals surface area contributed by atoms with Crippen molar-refractivity contribution in [3.05, 3.63) is 87.6 Å². The topological polar surface area (TPSA) is 90.3 Å². The lowest BCUT2D eigenvalue weighted by molar-refractivity contribution is -0.115. The molecule has 0 radical (unpaired) electrons. The fourth-order valence-electron chi connectivity index (χ4n) is 2.86. The molecule has 1 heterocycles. The van der Waals surface area contributed by atoms with Gasteiger partial charge in [0.2, 0.25) is 5.91 Å². The number of carbonyl (C=O) groups excluding carboxylic acids is 2. The third-order valence-electron chi connectivity index (χ3n) is 4.30. The molecule has 8 heteroatoms. The third-order valence-corrected chi connectivity index (χ3v) is 4.30. The number of para-hydroxylation sites is 1. The van der Waals surface area contributed by atoms with Crippen LogP contribution in [0.5, 0.6) is 0 Å². The summed E-state index contributed by atoms with van der Waals surface area (Å²) < 4.78 is 19.2. The second kappa shape index (κ2) is 9.13. The molecule has 0 bridgehead atoms. The van der Waals surface area contributed by atoms with Crippen LogP contribution in [-0.2, 0) is 16.0 Å². The number of aryl methyl sites for hydroxylation is 1. The largest absolute Gasteiger partial charge is 0.461 e. The van der Waals surface area contributed by atoms with Crippen LogP contribution < -0.4 is 10.9 Å². The fraction of sp³-hybridized carbons (Fsp3) is 0.182. The van der Waals surface area contributed by atoms with E-state index in [1.807, 2.05) is 19.1 Å². The second-order valence-corrected chi connectivity index (χ2v) is 6.52. The third kappa shape index (κ3) is 4.78. The lowest BCUT2D eigenvalue weighted by atomic mass is 10.1. The van der Waals surface area contributed by atoms with Gasteiger partial charge in [-0.05, 0) is 43.2 Å². The van der Waals surface area contributed by atoms with E-state index in [4.69, 9.17) is 4.74 Å². The molecule has 0 aliphatic carbocycles. The van der Waals surface area contributed by atoms with Gasteiger partial charge in [-0.2, -0.15) is 9.78 Å². The summed E-state index contributed by atoms with van der Waals surface area (Å²) in [6.45, 7) is 3.56. The van der Waals surface area contributed by atoms with Gasteiger partial charge in [0, 0.05) is 6.07 Å². The van der Waals surface area contributed by atoms with Crippen LogP contribution in [0.25, 0.3) is 5.69 Å². The van der Waals surface area contributed by atoms with Crippen LogP contribution in [0.3, 0.4) is 0 Å². The first-order valence-electron chi connectivity index (χ1n) is 9.31. The Morgan fingerprint density at radius 3 is 2.50 bits per heavy atom. The van der Waals surface area contributed by atoms with Crippen LogP contribution in [0, 0.1) is 12.7 Å². The number of benzene rings is 2. The van der Waals surface area contributed by atoms with Crippen molar-refractivity contribution in [1.82, 2.24) is 9.78 Å². The molecule has 0 atom stereocenters. The molecule has 3 rings (SSSR count). The molecule has 0 aliphatic heterocycles. The number of ether oxygens (including phenoxy) is 1. The van der Waals surface area contributed by atoms with E-state index < -0.39 is 23.3 Å². The van der Waals surface area contributed by atoms with Crippen molar-refractivity contribution < 1.29 is 18.7 Å². The van der Waals surface area contributed by atoms with Crippen LogP contribution >= 0.6 is 0 Å². The summed E-state index contributed by atoms with van der Waals surface area (Å²) in [5.74, 6) is -1.66. The Morgan fingerprint density at radius 2 is 1.83 bits per heavy atom. The molecule has 7 nitrogen and oxygen atoms in total. The van der Waals surface area contributed by atoms with E-state index in [2.05, 4.69) is 10.4 Å². The minimum absolute atomic E-state index is 0.0459. The zero-order valence-electron chi connectivity index (χ0n) is 16.5. The number of hydrogen-bond donors (Lipinski definition) is 1. The Hall–Kier alpha value is -3.81. The number of carbonyl (C=O) groups is 2. The molecule has 1 amide bonds. The molecule has 1 aromatic heterocycles. The minimum Gasteiger partial charge on any atom is -0.461 e. The van der Waals surface area contributed by atoms with Crippen molar-refractivity contribution in [1.29, 1.82) is 0 Å². The maximum atomic E-state index is 13.0. The molecule has 0 aliphatic rings. The van der Waals surface area contributed by atoms with Crippen LogP contribution in [0.4, 0.5) is 10.1 Å². The van der Waals surface area contributed by atoms with E-state index in [0.717, 1.165) is 16.3 Å². The average molecular weight is 409 g/mol. The molecule has 0 spiro atoms. The lowest BCUT2D eigenvalue weighted by Crippen LogP contribution is -2.28. The van der Waals surface area contributed by atoms with Gasteiger partial charge in [-0.1, -0.05) is 30.3 Å². The smallest absolute Gasteiger partial charge is 0.360 e. The van der Waals surface area contributed by atoms with Gasteiger partial charge in [-0.3, -0.25) is 9.59 Å². The highest BCUT2D eigenvalue weighted by molar-refractivity contribution is 6.00. The molecule has 0 fully saturated rings. The fourth-order valence-corrected chi connectivity index (χ4v) is 2.86. The molecular weight excluding hydrogens is 389 g/mol. The molecular formula is C22H20FN3O4. The van der Waals surface area contributed by atoms with Crippen molar-refractivity contribution in [2.75, 3.05) is 11.9 Å². The number of amides is 1. The average Bonchev–Trinajstić information content (AvgIpc) is 2.71. The number of aromatic nitrogens is 2. The molecule has 0 unspecified atom stereocenters. The van der Waals surface area contributed by atoms with E-state index in [9.17, 15) is 18.8 Å². The summed E-state index contributed by atoms with van der Waals surface area (Å²) in [4.78, 5) is 37.5. The van der Waals surface area contributed by atoms with Crippen molar-refractivity contribution in [3.63, 3.8) is 0 Å². The van der Waals surface area contributed by atoms with Gasteiger partial charge in [0.1, 0.15) is 5.82 Å². The maximum absolute atomic E-state index is 13.0. The number of anilines is 1. The first-order valence-corrected chi connectivity index (χ1v) is 9.31.